The fourth-order valence-corrected chi connectivity index (χ4v) is 6.63. The molecule has 0 aliphatic rings. The van der Waals surface area contributed by atoms with E-state index in [4.69, 9.17) is 9.97 Å². The molecule has 248 valence electrons. The summed E-state index contributed by atoms with van der Waals surface area (Å²) in [6, 6.07) is 34.1. The average molecular weight is 825 g/mol. The van der Waals surface area contributed by atoms with Crippen LogP contribution in [0, 0.1) is 6.07 Å². The second-order valence-electron chi connectivity index (χ2n) is 15.0. The largest absolute Gasteiger partial charge is 2.00 e. The van der Waals surface area contributed by atoms with Crippen LogP contribution < -0.4 is 10.00 Å². The molecule has 49 heavy (non-hydrogen) atoms. The van der Waals surface area contributed by atoms with E-state index in [1.165, 1.54) is 16.5 Å². The summed E-state index contributed by atoms with van der Waals surface area (Å²) in [5.74, 6) is 1.68. The van der Waals surface area contributed by atoms with E-state index in [1.54, 1.807) is 0 Å². The van der Waals surface area contributed by atoms with E-state index in [1.807, 2.05) is 31.3 Å². The van der Waals surface area contributed by atoms with Gasteiger partial charge in [0.2, 0.25) is 0 Å². The standard InChI is InChI=1S/C41H39N7.Pt/c1-40(2,3)25-13-18-35-31(21-25)30-16-17-32(33-24-38(45-44-33)46(7)8)43-39(30)47(35)27-14-15-29-28-11-9-10-12-34(28)48(36(29)23-27)37-22-26(19-20-42-37)41(4,5)6;/h9-22,24H,1-8H3;/q-2;+2. The minimum atomic E-state index is -0.0109. The van der Waals surface area contributed by atoms with Crippen molar-refractivity contribution in [1.29, 1.82) is 0 Å². The molecule has 5 aromatic heterocycles. The third-order valence-corrected chi connectivity index (χ3v) is 9.38. The maximum absolute atomic E-state index is 5.27. The van der Waals surface area contributed by atoms with E-state index in [2.05, 4.69) is 146 Å². The van der Waals surface area contributed by atoms with Gasteiger partial charge in [-0.05, 0) is 75.9 Å². The van der Waals surface area contributed by atoms with Crippen molar-refractivity contribution in [2.75, 3.05) is 19.0 Å². The number of aromatic nitrogens is 6. The molecular weight excluding hydrogens is 786 g/mol. The van der Waals surface area contributed by atoms with Crippen molar-refractivity contribution >= 4 is 49.6 Å². The first-order valence-electron chi connectivity index (χ1n) is 16.4. The van der Waals surface area contributed by atoms with Crippen LogP contribution >= 0.6 is 0 Å². The molecule has 0 N–H and O–H groups in total. The minimum Gasteiger partial charge on any atom is -0.572 e. The van der Waals surface area contributed by atoms with E-state index < -0.39 is 0 Å². The number of anilines is 1. The Morgan fingerprint density at radius 2 is 1.41 bits per heavy atom. The van der Waals surface area contributed by atoms with Crippen LogP contribution in [0.3, 0.4) is 0 Å². The molecule has 5 heterocycles. The Hall–Kier alpha value is -4.74. The van der Waals surface area contributed by atoms with Crippen LogP contribution in [0.15, 0.2) is 91.1 Å². The topological polar surface area (TPSA) is 65.9 Å². The van der Waals surface area contributed by atoms with Crippen LogP contribution in [0.2, 0.25) is 0 Å². The molecule has 0 bridgehead atoms. The number of pyridine rings is 2. The average Bonchev–Trinajstić information content (AvgIpc) is 3.76. The fraction of sp³-hybridized carbons (Fsp3) is 0.244. The second-order valence-corrected chi connectivity index (χ2v) is 15.0. The number of benzene rings is 3. The molecule has 0 atom stereocenters. The predicted octanol–water partition coefficient (Wildman–Crippen LogP) is 9.15. The molecule has 8 rings (SSSR count). The van der Waals surface area contributed by atoms with Crippen LogP contribution in [0.25, 0.3) is 66.6 Å². The summed E-state index contributed by atoms with van der Waals surface area (Å²) in [7, 11) is 3.94. The molecule has 3 aromatic carbocycles. The third kappa shape index (κ3) is 5.45. The van der Waals surface area contributed by atoms with Gasteiger partial charge >= 0.3 is 21.1 Å². The summed E-state index contributed by atoms with van der Waals surface area (Å²) in [5, 5.41) is 13.4. The Bertz CT molecular complexity index is 2520. The second kappa shape index (κ2) is 11.7. The number of hydrogen-bond donors (Lipinski definition) is 0. The number of para-hydroxylation sites is 1. The maximum Gasteiger partial charge on any atom is 2.00 e. The first kappa shape index (κ1) is 32.8. The number of nitrogens with zero attached hydrogens (tertiary/aromatic N) is 7. The summed E-state index contributed by atoms with van der Waals surface area (Å²) in [6.45, 7) is 13.5. The van der Waals surface area contributed by atoms with E-state index in [0.717, 1.165) is 67.1 Å². The van der Waals surface area contributed by atoms with Crippen LogP contribution in [0.1, 0.15) is 52.7 Å². The Kier molecular flexibility index (Phi) is 7.83. The zero-order valence-electron chi connectivity index (χ0n) is 29.1. The van der Waals surface area contributed by atoms with Crippen molar-refractivity contribution < 1.29 is 21.1 Å². The Morgan fingerprint density at radius 3 is 2.14 bits per heavy atom. The van der Waals surface area contributed by atoms with Gasteiger partial charge in [0.15, 0.2) is 0 Å². The van der Waals surface area contributed by atoms with Crippen molar-refractivity contribution in [3.8, 4) is 22.9 Å². The SMILES string of the molecule is CN(C)c1cc(-c2ccc3c4cc(C(C)(C)C)ccc4n(-c4[c-]c5c(cc4)c4ccccc4n5-c4cc(C(C)(C)C)ccn4)c3n2)[n-]n1.[Pt+2]. The summed E-state index contributed by atoms with van der Waals surface area (Å²) < 4.78 is 4.49. The molecule has 8 heteroatoms. The molecule has 0 radical (unpaired) electrons. The zero-order chi connectivity index (χ0) is 33.5. The van der Waals surface area contributed by atoms with Crippen LogP contribution in [0.5, 0.6) is 0 Å². The quantitative estimate of drug-likeness (QED) is 0.166. The molecule has 0 saturated heterocycles. The maximum atomic E-state index is 5.27. The molecule has 0 spiro atoms. The molecule has 0 fully saturated rings. The smallest absolute Gasteiger partial charge is 0.572 e. The molecule has 0 unspecified atom stereocenters. The molecule has 0 amide bonds. The van der Waals surface area contributed by atoms with Gasteiger partial charge in [-0.2, -0.15) is 6.07 Å². The summed E-state index contributed by atoms with van der Waals surface area (Å²) >= 11 is 0. The summed E-state index contributed by atoms with van der Waals surface area (Å²) in [4.78, 5) is 12.1. The molecule has 0 saturated carbocycles. The van der Waals surface area contributed by atoms with E-state index in [9.17, 15) is 0 Å². The van der Waals surface area contributed by atoms with Crippen molar-refractivity contribution in [2.45, 2.75) is 52.4 Å². The monoisotopic (exact) mass is 824 g/mol. The van der Waals surface area contributed by atoms with Gasteiger partial charge in [0, 0.05) is 36.6 Å². The number of rotatable bonds is 4. The zero-order valence-corrected chi connectivity index (χ0v) is 31.4. The van der Waals surface area contributed by atoms with Crippen molar-refractivity contribution in [1.82, 2.24) is 29.3 Å². The van der Waals surface area contributed by atoms with E-state index in [0.29, 0.717) is 0 Å². The first-order valence-corrected chi connectivity index (χ1v) is 16.4. The first-order chi connectivity index (χ1) is 22.9. The van der Waals surface area contributed by atoms with Crippen LogP contribution in [-0.4, -0.2) is 38.3 Å². The molecule has 0 aliphatic heterocycles. The number of fused-ring (bicyclic) bond motifs is 6. The number of hydrogen-bond acceptors (Lipinski definition) is 4. The van der Waals surface area contributed by atoms with Gasteiger partial charge in [0.1, 0.15) is 17.3 Å². The van der Waals surface area contributed by atoms with Crippen LogP contribution in [-0.2, 0) is 31.9 Å². The van der Waals surface area contributed by atoms with Gasteiger partial charge in [-0.15, -0.1) is 17.5 Å². The Balaban J connectivity index is 0.00000378. The summed E-state index contributed by atoms with van der Waals surface area (Å²) in [6.07, 6.45) is 1.92. The molecule has 7 nitrogen and oxygen atoms in total. The van der Waals surface area contributed by atoms with Gasteiger partial charge in [0.05, 0.1) is 11.2 Å². The Morgan fingerprint density at radius 1 is 0.694 bits per heavy atom. The van der Waals surface area contributed by atoms with E-state index >= 15 is 0 Å². The predicted molar refractivity (Wildman–Crippen MR) is 198 cm³/mol. The van der Waals surface area contributed by atoms with Gasteiger partial charge in [-0.3, -0.25) is 0 Å². The molecular formula is C41H39N7Pt. The molecule has 0 aliphatic carbocycles. The minimum absolute atomic E-state index is 0. The van der Waals surface area contributed by atoms with Crippen molar-refractivity contribution in [3.05, 3.63) is 108 Å². The van der Waals surface area contributed by atoms with Gasteiger partial charge in [-0.25, -0.2) is 9.97 Å². The van der Waals surface area contributed by atoms with Crippen LogP contribution in [0.4, 0.5) is 5.82 Å². The van der Waals surface area contributed by atoms with Crippen molar-refractivity contribution in [2.24, 2.45) is 0 Å². The van der Waals surface area contributed by atoms with Gasteiger partial charge in [0.25, 0.3) is 0 Å². The van der Waals surface area contributed by atoms with E-state index in [-0.39, 0.29) is 31.9 Å². The summed E-state index contributed by atoms with van der Waals surface area (Å²) in [5.41, 5.74) is 8.95. The normalized spacial score (nSPS) is 12.3. The Labute approximate surface area is 301 Å². The third-order valence-electron chi connectivity index (χ3n) is 9.38. The molecule has 8 aromatic rings. The van der Waals surface area contributed by atoms with Gasteiger partial charge in [-0.1, -0.05) is 82.7 Å². The van der Waals surface area contributed by atoms with Gasteiger partial charge < -0.3 is 24.2 Å². The van der Waals surface area contributed by atoms with Crippen molar-refractivity contribution in [3.63, 3.8) is 0 Å². The fourth-order valence-electron chi connectivity index (χ4n) is 6.63.